The van der Waals surface area contributed by atoms with E-state index in [4.69, 9.17) is 15.7 Å². The van der Waals surface area contributed by atoms with E-state index in [-0.39, 0.29) is 18.2 Å². The van der Waals surface area contributed by atoms with Crippen LogP contribution in [0.15, 0.2) is 45.1 Å². The predicted octanol–water partition coefficient (Wildman–Crippen LogP) is 4.75. The first-order chi connectivity index (χ1) is 17.4. The van der Waals surface area contributed by atoms with Gasteiger partial charge in [0.05, 0.1) is 7.11 Å². The predicted molar refractivity (Wildman–Crippen MR) is 132 cm³/mol. The third kappa shape index (κ3) is 7.63. The lowest BCUT2D eigenvalue weighted by Crippen LogP contribution is -2.48. The molecule has 192 valence electrons. The van der Waals surface area contributed by atoms with E-state index in [9.17, 15) is 14.0 Å². The molecule has 0 spiro atoms. The number of hydrogen-bond donors (Lipinski definition) is 1. The molecule has 0 fully saturated rings. The van der Waals surface area contributed by atoms with E-state index in [0.29, 0.717) is 56.0 Å². The second-order valence-corrected chi connectivity index (χ2v) is 8.71. The zero-order valence-corrected chi connectivity index (χ0v) is 20.7. The van der Waals surface area contributed by atoms with E-state index in [1.54, 1.807) is 11.0 Å². The number of anilines is 1. The molecule has 0 saturated carbocycles. The number of carbonyl (C=O) groups excluding carboxylic acids is 2. The first kappa shape index (κ1) is 26.9. The molecule has 0 bridgehead atoms. The van der Waals surface area contributed by atoms with Gasteiger partial charge in [-0.05, 0) is 35.8 Å². The number of methoxy groups -OCH3 is 1. The largest absolute Gasteiger partial charge is 0.479 e. The Morgan fingerprint density at radius 2 is 2.03 bits per heavy atom. The fourth-order valence-corrected chi connectivity index (χ4v) is 3.89. The molecule has 0 radical (unpaired) electrons. The average molecular weight is 498 g/mol. The second-order valence-electron chi connectivity index (χ2n) is 8.71. The summed E-state index contributed by atoms with van der Waals surface area (Å²) in [5, 5.41) is 14.9. The van der Waals surface area contributed by atoms with Gasteiger partial charge in [-0.15, -0.1) is 12.3 Å². The third-order valence-electron chi connectivity index (χ3n) is 6.08. The molecule has 1 aliphatic rings. The summed E-state index contributed by atoms with van der Waals surface area (Å²) in [5.74, 6) is 2.52. The fourth-order valence-electron chi connectivity index (χ4n) is 3.89. The number of benzene rings is 1. The first-order valence-electron chi connectivity index (χ1n) is 12.1. The highest BCUT2D eigenvalue weighted by Gasteiger charge is 2.41. The number of aryl methyl sites for hydroxylation is 1. The molecule has 1 aromatic heterocycles. The summed E-state index contributed by atoms with van der Waals surface area (Å²) in [7, 11) is 1.48. The van der Waals surface area contributed by atoms with Crippen LogP contribution in [0.4, 0.5) is 10.1 Å². The van der Waals surface area contributed by atoms with Crippen LogP contribution >= 0.6 is 0 Å². The lowest BCUT2D eigenvalue weighted by Gasteiger charge is -2.32. The Kier molecular flexibility index (Phi) is 9.56. The number of ether oxygens (including phenoxy) is 1. The first-order valence-corrected chi connectivity index (χ1v) is 12.1. The van der Waals surface area contributed by atoms with Crippen LogP contribution in [0.25, 0.3) is 0 Å². The van der Waals surface area contributed by atoms with Crippen molar-refractivity contribution in [1.29, 1.82) is 0 Å². The van der Waals surface area contributed by atoms with Crippen LogP contribution in [0.5, 0.6) is 5.88 Å². The third-order valence-corrected chi connectivity index (χ3v) is 6.08. The van der Waals surface area contributed by atoms with Gasteiger partial charge in [0.25, 0.3) is 5.88 Å². The average Bonchev–Trinajstić information content (AvgIpc) is 3.50. The van der Waals surface area contributed by atoms with E-state index in [0.717, 1.165) is 12.8 Å². The summed E-state index contributed by atoms with van der Waals surface area (Å²) in [6.07, 6.45) is 9.53. The minimum absolute atomic E-state index is 0.121. The molecule has 10 heteroatoms. The van der Waals surface area contributed by atoms with Crippen LogP contribution < -0.4 is 10.1 Å². The van der Waals surface area contributed by atoms with Gasteiger partial charge in [0.2, 0.25) is 11.8 Å². The van der Waals surface area contributed by atoms with Crippen molar-refractivity contribution < 1.29 is 23.2 Å². The van der Waals surface area contributed by atoms with Gasteiger partial charge in [-0.1, -0.05) is 19.8 Å². The van der Waals surface area contributed by atoms with E-state index in [1.165, 1.54) is 31.4 Å². The van der Waals surface area contributed by atoms with Gasteiger partial charge >= 0.3 is 0 Å². The summed E-state index contributed by atoms with van der Waals surface area (Å²) in [6, 6.07) is 6.45. The van der Waals surface area contributed by atoms with E-state index in [1.807, 2.05) is 6.92 Å². The van der Waals surface area contributed by atoms with Crippen LogP contribution in [0.1, 0.15) is 57.6 Å². The number of nitrogens with zero attached hydrogens (tertiary/aromatic N) is 4. The van der Waals surface area contributed by atoms with Crippen molar-refractivity contribution in [2.75, 3.05) is 19.0 Å². The van der Waals surface area contributed by atoms with Crippen molar-refractivity contribution in [3.8, 4) is 18.2 Å². The highest BCUT2D eigenvalue weighted by molar-refractivity contribution is 5.97. The lowest BCUT2D eigenvalue weighted by molar-refractivity contribution is -0.139. The van der Waals surface area contributed by atoms with Crippen molar-refractivity contribution in [3.05, 3.63) is 41.9 Å². The van der Waals surface area contributed by atoms with Gasteiger partial charge in [-0.3, -0.25) is 9.59 Å². The van der Waals surface area contributed by atoms with Gasteiger partial charge in [0, 0.05) is 50.4 Å². The number of unbranched alkanes of at least 4 members (excludes halogenated alkanes) is 1. The highest BCUT2D eigenvalue weighted by atomic mass is 19.1. The van der Waals surface area contributed by atoms with Gasteiger partial charge < -0.3 is 19.5 Å². The van der Waals surface area contributed by atoms with Crippen molar-refractivity contribution in [2.24, 2.45) is 10.2 Å². The van der Waals surface area contributed by atoms with Crippen molar-refractivity contribution >= 4 is 17.5 Å². The quantitative estimate of drug-likeness (QED) is 0.357. The van der Waals surface area contributed by atoms with E-state index >= 15 is 0 Å². The van der Waals surface area contributed by atoms with Crippen molar-refractivity contribution in [1.82, 2.24) is 10.1 Å². The Hall–Kier alpha value is -3.74. The van der Waals surface area contributed by atoms with Gasteiger partial charge in [0.15, 0.2) is 5.66 Å². The summed E-state index contributed by atoms with van der Waals surface area (Å²) >= 11 is 0. The topological polar surface area (TPSA) is 109 Å². The summed E-state index contributed by atoms with van der Waals surface area (Å²) in [6.45, 7) is 2.32. The van der Waals surface area contributed by atoms with E-state index < -0.39 is 17.5 Å². The number of carbonyl (C=O) groups is 2. The molecule has 2 amide bonds. The molecule has 3 rings (SSSR count). The Morgan fingerprint density at radius 3 is 2.64 bits per heavy atom. The number of halogens is 1. The fraction of sp³-hybridized carbons (Fsp3) is 0.500. The molecule has 1 aliphatic heterocycles. The molecule has 2 aromatic rings. The van der Waals surface area contributed by atoms with Gasteiger partial charge in [0.1, 0.15) is 17.6 Å². The molecular weight excluding hydrogens is 465 g/mol. The lowest BCUT2D eigenvalue weighted by atomic mass is 10.0. The van der Waals surface area contributed by atoms with Crippen LogP contribution in [-0.2, 0) is 16.0 Å². The molecule has 36 heavy (non-hydrogen) atoms. The maximum Gasteiger partial charge on any atom is 0.254 e. The number of amides is 2. The maximum absolute atomic E-state index is 13.5. The van der Waals surface area contributed by atoms with Crippen LogP contribution in [0, 0.1) is 18.2 Å². The number of nitrogens with one attached hydrogen (secondary N) is 1. The number of aromatic nitrogens is 1. The summed E-state index contributed by atoms with van der Waals surface area (Å²) < 4.78 is 23.6. The normalized spacial score (nSPS) is 14.1. The second kappa shape index (κ2) is 12.8. The van der Waals surface area contributed by atoms with Crippen LogP contribution in [0.3, 0.4) is 0 Å². The minimum atomic E-state index is -0.713. The van der Waals surface area contributed by atoms with Crippen LogP contribution in [0.2, 0.25) is 0 Å². The van der Waals surface area contributed by atoms with Crippen molar-refractivity contribution in [2.45, 2.75) is 70.0 Å². The SMILES string of the molecule is C#CCCC1(CCN(C(=O)CCc2cc(OC)no2)C(CCCC)C(=O)Nc2ccc(F)cc2)N=N1. The number of terminal acetylenes is 1. The monoisotopic (exact) mass is 497 g/mol. The molecule has 1 atom stereocenters. The van der Waals surface area contributed by atoms with Gasteiger partial charge in [-0.25, -0.2) is 4.39 Å². The summed E-state index contributed by atoms with van der Waals surface area (Å²) in [4.78, 5) is 28.4. The molecule has 0 saturated heterocycles. The van der Waals surface area contributed by atoms with Gasteiger partial charge in [-0.2, -0.15) is 10.2 Å². The molecule has 0 aliphatic carbocycles. The summed E-state index contributed by atoms with van der Waals surface area (Å²) in [5.41, 5.74) is -0.131. The van der Waals surface area contributed by atoms with E-state index in [2.05, 4.69) is 26.6 Å². The molecule has 1 N–H and O–H groups in total. The number of hydrogen-bond acceptors (Lipinski definition) is 7. The zero-order chi connectivity index (χ0) is 26.0. The smallest absolute Gasteiger partial charge is 0.254 e. The molecule has 1 aromatic carbocycles. The zero-order valence-electron chi connectivity index (χ0n) is 20.7. The molecular formula is C26H32FN5O4. The molecule has 9 nitrogen and oxygen atoms in total. The Bertz CT molecular complexity index is 1090. The van der Waals surface area contributed by atoms with Crippen molar-refractivity contribution in [3.63, 3.8) is 0 Å². The maximum atomic E-state index is 13.5. The Morgan fingerprint density at radius 1 is 1.28 bits per heavy atom. The molecule has 1 unspecified atom stereocenters. The minimum Gasteiger partial charge on any atom is -0.479 e. The highest BCUT2D eigenvalue weighted by Crippen LogP contribution is 2.37. The Balaban J connectivity index is 1.76. The Labute approximate surface area is 210 Å². The number of rotatable bonds is 15. The van der Waals surface area contributed by atoms with Crippen LogP contribution in [-0.4, -0.2) is 47.2 Å². The molecule has 2 heterocycles. The standard InChI is InChI=1S/C26H32FN5O4/c1-4-6-8-22(25(34)28-20-11-9-19(27)10-12-20)32(17-16-26(30-31-26)15-7-5-2)24(33)14-13-21-18-23(35-3)29-36-21/h2,9-12,18,22H,4,6-8,13-17H2,1,3H3,(H,28,34).